The number of carbonyl (C=O) groups excluding carboxylic acids is 1. The molecule has 0 bridgehead atoms. The van der Waals surface area contributed by atoms with E-state index >= 15 is 0 Å². The van der Waals surface area contributed by atoms with Crippen molar-refractivity contribution < 1.29 is 13.2 Å². The fourth-order valence-electron chi connectivity index (χ4n) is 0.680. The minimum atomic E-state index is -3.72. The van der Waals surface area contributed by atoms with Crippen LogP contribution in [0.3, 0.4) is 0 Å². The van der Waals surface area contributed by atoms with Gasteiger partial charge in [-0.1, -0.05) is 15.9 Å². The average Bonchev–Trinajstić information content (AvgIpc) is 2.05. The standard InChI is InChI=1S/C7H5BrO3S/c8-6-1-3-7(4-2-6)12(10,11)5-9/h1-5H. The summed E-state index contributed by atoms with van der Waals surface area (Å²) in [5, 5.41) is 0. The summed E-state index contributed by atoms with van der Waals surface area (Å²) >= 11 is 3.15. The zero-order valence-corrected chi connectivity index (χ0v) is 8.30. The van der Waals surface area contributed by atoms with E-state index in [0.717, 1.165) is 4.47 Å². The van der Waals surface area contributed by atoms with E-state index in [1.165, 1.54) is 12.1 Å². The normalized spacial score (nSPS) is 11.1. The molecule has 1 rings (SSSR count). The molecule has 0 aliphatic carbocycles. The zero-order valence-electron chi connectivity index (χ0n) is 5.90. The number of benzene rings is 1. The molecule has 0 aliphatic heterocycles. The Hall–Kier alpha value is -0.680. The van der Waals surface area contributed by atoms with Gasteiger partial charge in [0.25, 0.3) is 0 Å². The summed E-state index contributed by atoms with van der Waals surface area (Å²) in [5.74, 6) is 0. The summed E-state index contributed by atoms with van der Waals surface area (Å²) < 4.78 is 22.6. The fraction of sp³-hybridized carbons (Fsp3) is 0. The van der Waals surface area contributed by atoms with Crippen molar-refractivity contribution in [2.24, 2.45) is 0 Å². The Balaban J connectivity index is 3.23. The molecule has 0 unspecified atom stereocenters. The molecule has 1 aromatic rings. The van der Waals surface area contributed by atoms with E-state index in [1.54, 1.807) is 12.1 Å². The molecule has 12 heavy (non-hydrogen) atoms. The zero-order chi connectivity index (χ0) is 9.19. The Morgan fingerprint density at radius 1 is 1.17 bits per heavy atom. The molecule has 0 aliphatic rings. The third-order valence-electron chi connectivity index (χ3n) is 1.27. The summed E-state index contributed by atoms with van der Waals surface area (Å²) in [6, 6.07) is 5.87. The van der Waals surface area contributed by atoms with Gasteiger partial charge in [-0.15, -0.1) is 0 Å². The van der Waals surface area contributed by atoms with Crippen LogP contribution >= 0.6 is 15.9 Å². The Morgan fingerprint density at radius 3 is 2.08 bits per heavy atom. The number of rotatable bonds is 2. The van der Waals surface area contributed by atoms with Crippen LogP contribution in [0.4, 0.5) is 0 Å². The number of hydrogen-bond donors (Lipinski definition) is 0. The van der Waals surface area contributed by atoms with Gasteiger partial charge >= 0.3 is 0 Å². The topological polar surface area (TPSA) is 51.2 Å². The number of hydrogen-bond acceptors (Lipinski definition) is 3. The molecular weight excluding hydrogens is 244 g/mol. The SMILES string of the molecule is O=CS(=O)(=O)c1ccc(Br)cc1. The summed E-state index contributed by atoms with van der Waals surface area (Å²) in [5.41, 5.74) is -0.0593. The minimum absolute atomic E-state index is 0.0145. The van der Waals surface area contributed by atoms with Gasteiger partial charge in [0.2, 0.25) is 15.5 Å². The molecule has 0 N–H and O–H groups in total. The van der Waals surface area contributed by atoms with E-state index in [2.05, 4.69) is 15.9 Å². The van der Waals surface area contributed by atoms with Crippen molar-refractivity contribution in [1.82, 2.24) is 0 Å². The van der Waals surface area contributed by atoms with Crippen LogP contribution in [0, 0.1) is 0 Å². The predicted octanol–water partition coefficient (Wildman–Crippen LogP) is 1.41. The molecule has 0 atom stereocenters. The molecule has 0 heterocycles. The molecule has 0 aromatic heterocycles. The summed E-state index contributed by atoms with van der Waals surface area (Å²) in [6.07, 6.45) is 0. The first kappa shape index (κ1) is 9.41. The van der Waals surface area contributed by atoms with Crippen molar-refractivity contribution in [3.05, 3.63) is 28.7 Å². The fourth-order valence-corrected chi connectivity index (χ4v) is 1.57. The Kier molecular flexibility index (Phi) is 2.64. The van der Waals surface area contributed by atoms with Gasteiger partial charge < -0.3 is 0 Å². The second-order valence-electron chi connectivity index (χ2n) is 2.10. The lowest BCUT2D eigenvalue weighted by molar-refractivity contribution is 0.556. The molecule has 0 spiro atoms. The van der Waals surface area contributed by atoms with Crippen molar-refractivity contribution in [2.75, 3.05) is 0 Å². The lowest BCUT2D eigenvalue weighted by atomic mass is 10.4. The van der Waals surface area contributed by atoms with Gasteiger partial charge in [-0.05, 0) is 24.3 Å². The maximum Gasteiger partial charge on any atom is 0.238 e. The lowest BCUT2D eigenvalue weighted by Crippen LogP contribution is -2.00. The number of sulfone groups is 1. The van der Waals surface area contributed by atoms with E-state index in [9.17, 15) is 13.2 Å². The van der Waals surface area contributed by atoms with E-state index < -0.39 is 9.84 Å². The van der Waals surface area contributed by atoms with Crippen LogP contribution in [-0.4, -0.2) is 14.0 Å². The van der Waals surface area contributed by atoms with Crippen molar-refractivity contribution in [2.45, 2.75) is 4.90 Å². The summed E-state index contributed by atoms with van der Waals surface area (Å²) in [7, 11) is -3.72. The van der Waals surface area contributed by atoms with E-state index in [-0.39, 0.29) is 10.5 Å². The van der Waals surface area contributed by atoms with Gasteiger partial charge in [0, 0.05) is 4.47 Å². The van der Waals surface area contributed by atoms with Gasteiger partial charge in [0.15, 0.2) is 0 Å². The largest absolute Gasteiger partial charge is 0.285 e. The van der Waals surface area contributed by atoms with Crippen LogP contribution in [0.15, 0.2) is 33.6 Å². The predicted molar refractivity (Wildman–Crippen MR) is 48.1 cm³/mol. The Labute approximate surface area is 78.5 Å². The highest BCUT2D eigenvalue weighted by Crippen LogP contribution is 2.14. The third kappa shape index (κ3) is 1.92. The maximum atomic E-state index is 10.9. The highest BCUT2D eigenvalue weighted by molar-refractivity contribution is 9.10. The molecule has 0 radical (unpaired) electrons. The van der Waals surface area contributed by atoms with Crippen LogP contribution in [-0.2, 0) is 14.6 Å². The molecule has 1 aromatic carbocycles. The first-order valence-electron chi connectivity index (χ1n) is 3.02. The van der Waals surface area contributed by atoms with Crippen molar-refractivity contribution in [1.29, 1.82) is 0 Å². The van der Waals surface area contributed by atoms with E-state index in [4.69, 9.17) is 0 Å². The highest BCUT2D eigenvalue weighted by Gasteiger charge is 2.11. The highest BCUT2D eigenvalue weighted by atomic mass is 79.9. The second kappa shape index (κ2) is 3.37. The molecule has 0 saturated carbocycles. The summed E-state index contributed by atoms with van der Waals surface area (Å²) in [6.45, 7) is 0. The van der Waals surface area contributed by atoms with Crippen LogP contribution in [0.2, 0.25) is 0 Å². The monoisotopic (exact) mass is 248 g/mol. The third-order valence-corrected chi connectivity index (χ3v) is 2.98. The smallest absolute Gasteiger partial charge is 0.238 e. The van der Waals surface area contributed by atoms with Crippen molar-refractivity contribution in [3.63, 3.8) is 0 Å². The quantitative estimate of drug-likeness (QED) is 0.744. The molecule has 64 valence electrons. The molecule has 5 heteroatoms. The van der Waals surface area contributed by atoms with E-state index in [1.807, 2.05) is 0 Å². The summed E-state index contributed by atoms with van der Waals surface area (Å²) in [4.78, 5) is 10.1. The van der Waals surface area contributed by atoms with Gasteiger partial charge in [-0.2, -0.15) is 0 Å². The molecule has 0 saturated heterocycles. The first-order valence-corrected chi connectivity index (χ1v) is 5.36. The van der Waals surface area contributed by atoms with Crippen LogP contribution in [0.1, 0.15) is 0 Å². The minimum Gasteiger partial charge on any atom is -0.285 e. The molecular formula is C7H5BrO3S. The van der Waals surface area contributed by atoms with Gasteiger partial charge in [0.1, 0.15) is 0 Å². The Bertz CT molecular complexity index is 380. The number of halogens is 1. The average molecular weight is 249 g/mol. The van der Waals surface area contributed by atoms with Crippen molar-refractivity contribution >= 4 is 31.4 Å². The molecule has 0 fully saturated rings. The van der Waals surface area contributed by atoms with Gasteiger partial charge in [0.05, 0.1) is 4.90 Å². The van der Waals surface area contributed by atoms with Gasteiger partial charge in [-0.25, -0.2) is 8.42 Å². The van der Waals surface area contributed by atoms with Crippen molar-refractivity contribution in [3.8, 4) is 0 Å². The Morgan fingerprint density at radius 2 is 1.67 bits per heavy atom. The van der Waals surface area contributed by atoms with Crippen LogP contribution < -0.4 is 0 Å². The van der Waals surface area contributed by atoms with Gasteiger partial charge in [-0.3, -0.25) is 4.79 Å². The van der Waals surface area contributed by atoms with Crippen LogP contribution in [0.5, 0.6) is 0 Å². The molecule has 3 nitrogen and oxygen atoms in total. The second-order valence-corrected chi connectivity index (χ2v) is 4.76. The molecule has 0 amide bonds. The maximum absolute atomic E-state index is 10.9. The number of carbonyl (C=O) groups is 1. The first-order chi connectivity index (χ1) is 5.56. The van der Waals surface area contributed by atoms with Crippen LogP contribution in [0.25, 0.3) is 0 Å². The lowest BCUT2D eigenvalue weighted by Gasteiger charge is -1.95. The van der Waals surface area contributed by atoms with E-state index in [0.29, 0.717) is 0 Å².